The highest BCUT2D eigenvalue weighted by Gasteiger charge is 2.08. The van der Waals surface area contributed by atoms with Crippen molar-refractivity contribution in [1.82, 2.24) is 0 Å². The van der Waals surface area contributed by atoms with E-state index in [4.69, 9.17) is 0 Å². The van der Waals surface area contributed by atoms with Crippen LogP contribution in [0, 0.1) is 0 Å². The fourth-order valence-electron chi connectivity index (χ4n) is 1.81. The number of amides is 1. The number of benzene rings is 1. The molecule has 3 nitrogen and oxygen atoms in total. The lowest BCUT2D eigenvalue weighted by molar-refractivity contribution is -0.116. The molecule has 1 amide bonds. The van der Waals surface area contributed by atoms with Gasteiger partial charge >= 0.3 is 0 Å². The molecule has 0 fully saturated rings. The molecule has 0 bridgehead atoms. The molecule has 0 heterocycles. The van der Waals surface area contributed by atoms with E-state index in [9.17, 15) is 9.90 Å². The van der Waals surface area contributed by atoms with Gasteiger partial charge in [-0.05, 0) is 25.0 Å². The third kappa shape index (κ3) is 4.10. The van der Waals surface area contributed by atoms with Gasteiger partial charge in [0.1, 0.15) is 5.75 Å². The highest BCUT2D eigenvalue weighted by atomic mass is 16.3. The van der Waals surface area contributed by atoms with E-state index in [0.717, 1.165) is 30.5 Å². The summed E-state index contributed by atoms with van der Waals surface area (Å²) in [6.07, 6.45) is 4.36. The highest BCUT2D eigenvalue weighted by molar-refractivity contribution is 5.91. The Morgan fingerprint density at radius 1 is 1.29 bits per heavy atom. The van der Waals surface area contributed by atoms with Crippen LogP contribution in [0.3, 0.4) is 0 Å². The van der Waals surface area contributed by atoms with Gasteiger partial charge in [0.25, 0.3) is 0 Å². The molecule has 3 heteroatoms. The van der Waals surface area contributed by atoms with Crippen LogP contribution in [-0.2, 0) is 11.2 Å². The Kier molecular flexibility index (Phi) is 5.53. The number of hydrogen-bond donors (Lipinski definition) is 2. The maximum Gasteiger partial charge on any atom is 0.224 e. The smallest absolute Gasteiger partial charge is 0.224 e. The molecule has 1 aromatic carbocycles. The fourth-order valence-corrected chi connectivity index (χ4v) is 1.81. The van der Waals surface area contributed by atoms with Crippen LogP contribution < -0.4 is 5.32 Å². The number of rotatable bonds is 6. The lowest BCUT2D eigenvalue weighted by Crippen LogP contribution is -2.12. The van der Waals surface area contributed by atoms with Crippen molar-refractivity contribution in [1.29, 1.82) is 0 Å². The molecule has 1 aromatic rings. The van der Waals surface area contributed by atoms with Gasteiger partial charge in [-0.1, -0.05) is 32.8 Å². The summed E-state index contributed by atoms with van der Waals surface area (Å²) in [5.74, 6) is 0.276. The summed E-state index contributed by atoms with van der Waals surface area (Å²) in [5, 5.41) is 12.5. The number of anilines is 1. The first kappa shape index (κ1) is 13.6. The normalized spacial score (nSPS) is 10.2. The molecular formula is C14H21NO2. The highest BCUT2D eigenvalue weighted by Crippen LogP contribution is 2.25. The van der Waals surface area contributed by atoms with Crippen LogP contribution in [0.2, 0.25) is 0 Å². The Hall–Kier alpha value is -1.51. The number of hydrogen-bond acceptors (Lipinski definition) is 2. The van der Waals surface area contributed by atoms with Gasteiger partial charge in [-0.15, -0.1) is 0 Å². The topological polar surface area (TPSA) is 49.3 Å². The zero-order valence-electron chi connectivity index (χ0n) is 10.6. The summed E-state index contributed by atoms with van der Waals surface area (Å²) < 4.78 is 0. The average molecular weight is 235 g/mol. The third-order valence-corrected chi connectivity index (χ3v) is 2.79. The number of phenolic OH excluding ortho intramolecular Hbond substituents is 1. The van der Waals surface area contributed by atoms with E-state index < -0.39 is 0 Å². The summed E-state index contributed by atoms with van der Waals surface area (Å²) >= 11 is 0. The van der Waals surface area contributed by atoms with Crippen molar-refractivity contribution in [3.05, 3.63) is 23.8 Å². The van der Waals surface area contributed by atoms with E-state index in [1.807, 2.05) is 13.0 Å². The second-order valence-electron chi connectivity index (χ2n) is 4.16. The molecular weight excluding hydrogens is 214 g/mol. The molecule has 1 rings (SSSR count). The third-order valence-electron chi connectivity index (χ3n) is 2.79. The van der Waals surface area contributed by atoms with Crippen molar-refractivity contribution in [2.24, 2.45) is 0 Å². The second-order valence-corrected chi connectivity index (χ2v) is 4.16. The van der Waals surface area contributed by atoms with Crippen molar-refractivity contribution in [3.63, 3.8) is 0 Å². The van der Waals surface area contributed by atoms with Gasteiger partial charge in [-0.3, -0.25) is 4.79 Å². The second kappa shape index (κ2) is 6.94. The quantitative estimate of drug-likeness (QED) is 0.742. The Balaban J connectivity index is 2.61. The van der Waals surface area contributed by atoms with Crippen LogP contribution in [0.1, 0.15) is 45.1 Å². The van der Waals surface area contributed by atoms with Crippen LogP contribution >= 0.6 is 0 Å². The minimum atomic E-state index is 0.0266. The molecule has 2 N–H and O–H groups in total. The first-order valence-electron chi connectivity index (χ1n) is 6.29. The Labute approximate surface area is 103 Å². The van der Waals surface area contributed by atoms with Crippen molar-refractivity contribution in [2.45, 2.75) is 46.0 Å². The van der Waals surface area contributed by atoms with Gasteiger partial charge in [0, 0.05) is 17.7 Å². The van der Waals surface area contributed by atoms with Crippen LogP contribution in [0.15, 0.2) is 18.2 Å². The van der Waals surface area contributed by atoms with E-state index >= 15 is 0 Å². The van der Waals surface area contributed by atoms with Gasteiger partial charge in [-0.2, -0.15) is 0 Å². The molecule has 0 unspecified atom stereocenters. The molecule has 94 valence electrons. The van der Waals surface area contributed by atoms with Gasteiger partial charge in [-0.25, -0.2) is 0 Å². The van der Waals surface area contributed by atoms with Crippen LogP contribution in [0.5, 0.6) is 5.75 Å². The monoisotopic (exact) mass is 235 g/mol. The summed E-state index contributed by atoms with van der Waals surface area (Å²) in [6.45, 7) is 4.07. The molecule has 0 radical (unpaired) electrons. The number of carbonyl (C=O) groups excluding carboxylic acids is 1. The van der Waals surface area contributed by atoms with Crippen molar-refractivity contribution in [3.8, 4) is 5.75 Å². The first-order chi connectivity index (χ1) is 8.19. The molecule has 0 atom stereocenters. The number of aromatic hydroxyl groups is 1. The minimum Gasteiger partial charge on any atom is -0.508 e. The van der Waals surface area contributed by atoms with Crippen LogP contribution in [0.25, 0.3) is 0 Å². The number of unbranched alkanes of at least 4 members (excludes halogenated alkanes) is 2. The summed E-state index contributed by atoms with van der Waals surface area (Å²) in [6, 6.07) is 5.22. The first-order valence-corrected chi connectivity index (χ1v) is 6.29. The van der Waals surface area contributed by atoms with E-state index in [2.05, 4.69) is 12.2 Å². The molecule has 0 saturated heterocycles. The van der Waals surface area contributed by atoms with Crippen LogP contribution in [-0.4, -0.2) is 11.0 Å². The lowest BCUT2D eigenvalue weighted by Gasteiger charge is -2.11. The van der Waals surface area contributed by atoms with Gasteiger partial charge < -0.3 is 10.4 Å². The van der Waals surface area contributed by atoms with Gasteiger partial charge in [0.15, 0.2) is 0 Å². The molecule has 17 heavy (non-hydrogen) atoms. The van der Waals surface area contributed by atoms with E-state index in [-0.39, 0.29) is 11.7 Å². The molecule has 0 aliphatic heterocycles. The van der Waals surface area contributed by atoms with Crippen molar-refractivity contribution >= 4 is 11.6 Å². The van der Waals surface area contributed by atoms with E-state index in [0.29, 0.717) is 12.8 Å². The Bertz CT molecular complexity index is 374. The number of carbonyl (C=O) groups is 1. The summed E-state index contributed by atoms with van der Waals surface area (Å²) in [5.41, 5.74) is 1.53. The predicted octanol–water partition coefficient (Wildman–Crippen LogP) is 3.47. The molecule has 0 aliphatic rings. The lowest BCUT2D eigenvalue weighted by atomic mass is 10.1. The standard InChI is InChI=1S/C14H21NO2/c1-3-5-6-10-14(17)15-12-8-7-9-13(16)11(12)4-2/h7-9,16H,3-6,10H2,1-2H3,(H,15,17). The average Bonchev–Trinajstić information content (AvgIpc) is 2.29. The zero-order valence-corrected chi connectivity index (χ0v) is 10.6. The van der Waals surface area contributed by atoms with Gasteiger partial charge in [0.05, 0.1) is 0 Å². The molecule has 0 aromatic heterocycles. The largest absolute Gasteiger partial charge is 0.508 e. The Morgan fingerprint density at radius 3 is 2.71 bits per heavy atom. The van der Waals surface area contributed by atoms with Crippen LogP contribution in [0.4, 0.5) is 5.69 Å². The summed E-state index contributed by atoms with van der Waals surface area (Å²) in [4.78, 5) is 11.7. The van der Waals surface area contributed by atoms with Crippen molar-refractivity contribution < 1.29 is 9.90 Å². The number of phenols is 1. The fraction of sp³-hybridized carbons (Fsp3) is 0.500. The molecule has 0 aliphatic carbocycles. The summed E-state index contributed by atoms with van der Waals surface area (Å²) in [7, 11) is 0. The van der Waals surface area contributed by atoms with E-state index in [1.54, 1.807) is 12.1 Å². The molecule has 0 saturated carbocycles. The zero-order chi connectivity index (χ0) is 12.7. The van der Waals surface area contributed by atoms with Gasteiger partial charge in [0.2, 0.25) is 5.91 Å². The Morgan fingerprint density at radius 2 is 2.06 bits per heavy atom. The van der Waals surface area contributed by atoms with Crippen molar-refractivity contribution in [2.75, 3.05) is 5.32 Å². The maximum absolute atomic E-state index is 11.7. The maximum atomic E-state index is 11.7. The van der Waals surface area contributed by atoms with E-state index in [1.165, 1.54) is 0 Å². The number of nitrogens with one attached hydrogen (secondary N) is 1. The minimum absolute atomic E-state index is 0.0266. The SMILES string of the molecule is CCCCCC(=O)Nc1cccc(O)c1CC. The predicted molar refractivity (Wildman–Crippen MR) is 70.3 cm³/mol. The molecule has 0 spiro atoms.